The Labute approximate surface area is 92.7 Å². The van der Waals surface area contributed by atoms with Crippen molar-refractivity contribution in [3.8, 4) is 0 Å². The van der Waals surface area contributed by atoms with Gasteiger partial charge in [-0.3, -0.25) is 5.10 Å². The van der Waals surface area contributed by atoms with Gasteiger partial charge >= 0.3 is 0 Å². The van der Waals surface area contributed by atoms with Crippen LogP contribution in [0.15, 0.2) is 6.20 Å². The number of hydrogen-bond donors (Lipinski definition) is 2. The lowest BCUT2D eigenvalue weighted by molar-refractivity contribution is 0.450. The normalized spacial score (nSPS) is 13.4. The minimum absolute atomic E-state index is 0.585. The van der Waals surface area contributed by atoms with E-state index in [4.69, 9.17) is 0 Å². The molecule has 3 heteroatoms. The number of aromatic nitrogens is 2. The van der Waals surface area contributed by atoms with Crippen molar-refractivity contribution in [1.82, 2.24) is 15.5 Å². The fourth-order valence-electron chi connectivity index (χ4n) is 1.52. The number of rotatable bonds is 6. The summed E-state index contributed by atoms with van der Waals surface area (Å²) < 4.78 is 0. The molecule has 3 nitrogen and oxygen atoms in total. The number of aryl methyl sites for hydroxylation is 1. The van der Waals surface area contributed by atoms with Crippen LogP contribution in [0.4, 0.5) is 0 Å². The Balaban J connectivity index is 2.22. The number of aromatic amines is 1. The standard InChI is InChI=1S/C12H23N3/c1-9(2)5-6-10(3)13-7-12-8-14-15-11(12)4/h8-10,13H,5-7H2,1-4H3,(H,14,15). The summed E-state index contributed by atoms with van der Waals surface area (Å²) in [5.41, 5.74) is 2.44. The predicted molar refractivity (Wildman–Crippen MR) is 63.7 cm³/mol. The van der Waals surface area contributed by atoms with Crippen molar-refractivity contribution < 1.29 is 0 Å². The highest BCUT2D eigenvalue weighted by Crippen LogP contribution is 2.08. The first-order chi connectivity index (χ1) is 7.09. The zero-order valence-electron chi connectivity index (χ0n) is 10.3. The molecule has 0 amide bonds. The van der Waals surface area contributed by atoms with Crippen LogP contribution in [0.2, 0.25) is 0 Å². The second kappa shape index (κ2) is 5.91. The van der Waals surface area contributed by atoms with Gasteiger partial charge in [0.05, 0.1) is 6.20 Å². The second-order valence-corrected chi connectivity index (χ2v) is 4.77. The van der Waals surface area contributed by atoms with Gasteiger partial charge in [-0.25, -0.2) is 0 Å². The van der Waals surface area contributed by atoms with Gasteiger partial charge < -0.3 is 5.32 Å². The molecule has 2 N–H and O–H groups in total. The Hall–Kier alpha value is -0.830. The van der Waals surface area contributed by atoms with Crippen LogP contribution >= 0.6 is 0 Å². The molecule has 0 saturated carbocycles. The van der Waals surface area contributed by atoms with E-state index in [0.717, 1.165) is 12.5 Å². The Kier molecular flexibility index (Phi) is 4.82. The highest BCUT2D eigenvalue weighted by molar-refractivity contribution is 5.13. The van der Waals surface area contributed by atoms with Crippen LogP contribution in [0, 0.1) is 12.8 Å². The summed E-state index contributed by atoms with van der Waals surface area (Å²) in [6.45, 7) is 9.77. The van der Waals surface area contributed by atoms with Gasteiger partial charge in [0, 0.05) is 23.8 Å². The largest absolute Gasteiger partial charge is 0.310 e. The maximum atomic E-state index is 4.01. The fourth-order valence-corrected chi connectivity index (χ4v) is 1.52. The maximum absolute atomic E-state index is 4.01. The van der Waals surface area contributed by atoms with E-state index in [2.05, 4.69) is 43.2 Å². The van der Waals surface area contributed by atoms with Crippen LogP contribution in [-0.2, 0) is 6.54 Å². The minimum atomic E-state index is 0.585. The molecule has 1 unspecified atom stereocenters. The molecule has 15 heavy (non-hydrogen) atoms. The van der Waals surface area contributed by atoms with Crippen molar-refractivity contribution in [3.05, 3.63) is 17.5 Å². The predicted octanol–water partition coefficient (Wildman–Crippen LogP) is 2.63. The highest BCUT2D eigenvalue weighted by atomic mass is 15.1. The summed E-state index contributed by atoms with van der Waals surface area (Å²) in [5.74, 6) is 0.796. The Morgan fingerprint density at radius 3 is 2.60 bits per heavy atom. The average molecular weight is 209 g/mol. The molecular formula is C12H23N3. The summed E-state index contributed by atoms with van der Waals surface area (Å²) in [7, 11) is 0. The van der Waals surface area contributed by atoms with E-state index in [1.54, 1.807) is 0 Å². The lowest BCUT2D eigenvalue weighted by atomic mass is 10.0. The van der Waals surface area contributed by atoms with Crippen LogP contribution < -0.4 is 5.32 Å². The summed E-state index contributed by atoms with van der Waals surface area (Å²) in [4.78, 5) is 0. The average Bonchev–Trinajstić information content (AvgIpc) is 2.58. The SMILES string of the molecule is Cc1[nH]ncc1CNC(C)CCC(C)C. The molecule has 1 aromatic rings. The third-order valence-electron chi connectivity index (χ3n) is 2.75. The number of nitrogens with zero attached hydrogens (tertiary/aromatic N) is 1. The molecule has 0 radical (unpaired) electrons. The fraction of sp³-hybridized carbons (Fsp3) is 0.750. The van der Waals surface area contributed by atoms with E-state index in [9.17, 15) is 0 Å². The zero-order valence-corrected chi connectivity index (χ0v) is 10.3. The first kappa shape index (κ1) is 12.2. The second-order valence-electron chi connectivity index (χ2n) is 4.77. The third kappa shape index (κ3) is 4.47. The minimum Gasteiger partial charge on any atom is -0.310 e. The topological polar surface area (TPSA) is 40.7 Å². The van der Waals surface area contributed by atoms with Crippen LogP contribution in [0.3, 0.4) is 0 Å². The zero-order chi connectivity index (χ0) is 11.3. The highest BCUT2D eigenvalue weighted by Gasteiger charge is 2.05. The molecular weight excluding hydrogens is 186 g/mol. The van der Waals surface area contributed by atoms with Crippen molar-refractivity contribution in [2.75, 3.05) is 0 Å². The van der Waals surface area contributed by atoms with E-state index in [-0.39, 0.29) is 0 Å². The molecule has 0 aliphatic heterocycles. The van der Waals surface area contributed by atoms with Gasteiger partial charge in [-0.15, -0.1) is 0 Å². The molecule has 0 spiro atoms. The van der Waals surface area contributed by atoms with Crippen molar-refractivity contribution in [3.63, 3.8) is 0 Å². The monoisotopic (exact) mass is 209 g/mol. The quantitative estimate of drug-likeness (QED) is 0.756. The van der Waals surface area contributed by atoms with Crippen LogP contribution in [0.25, 0.3) is 0 Å². The molecule has 0 aliphatic carbocycles. The van der Waals surface area contributed by atoms with Gasteiger partial charge in [-0.1, -0.05) is 13.8 Å². The molecule has 86 valence electrons. The van der Waals surface area contributed by atoms with Crippen LogP contribution in [0.1, 0.15) is 44.9 Å². The number of hydrogen-bond acceptors (Lipinski definition) is 2. The van der Waals surface area contributed by atoms with Crippen molar-refractivity contribution in [1.29, 1.82) is 0 Å². The summed E-state index contributed by atoms with van der Waals surface area (Å²) in [6, 6.07) is 0.585. The van der Waals surface area contributed by atoms with Crippen LogP contribution in [-0.4, -0.2) is 16.2 Å². The Morgan fingerprint density at radius 1 is 1.33 bits per heavy atom. The van der Waals surface area contributed by atoms with Crippen LogP contribution in [0.5, 0.6) is 0 Å². The molecule has 0 bridgehead atoms. The molecule has 0 aromatic carbocycles. The summed E-state index contributed by atoms with van der Waals surface area (Å²) in [6.07, 6.45) is 4.44. The van der Waals surface area contributed by atoms with Gasteiger partial charge in [0.15, 0.2) is 0 Å². The van der Waals surface area contributed by atoms with E-state index < -0.39 is 0 Å². The van der Waals surface area contributed by atoms with Gasteiger partial charge in [-0.2, -0.15) is 5.10 Å². The molecule has 0 fully saturated rings. The van der Waals surface area contributed by atoms with Crippen molar-refractivity contribution >= 4 is 0 Å². The first-order valence-corrected chi connectivity index (χ1v) is 5.81. The van der Waals surface area contributed by atoms with Gasteiger partial charge in [0.1, 0.15) is 0 Å². The van der Waals surface area contributed by atoms with Gasteiger partial charge in [0.25, 0.3) is 0 Å². The van der Waals surface area contributed by atoms with E-state index in [1.807, 2.05) is 6.20 Å². The first-order valence-electron chi connectivity index (χ1n) is 5.81. The molecule has 1 heterocycles. The van der Waals surface area contributed by atoms with Gasteiger partial charge in [-0.05, 0) is 32.6 Å². The molecule has 1 aromatic heterocycles. The Bertz CT molecular complexity index is 278. The third-order valence-corrected chi connectivity index (χ3v) is 2.75. The lowest BCUT2D eigenvalue weighted by Gasteiger charge is -2.14. The summed E-state index contributed by atoms with van der Waals surface area (Å²) >= 11 is 0. The van der Waals surface area contributed by atoms with Crippen molar-refractivity contribution in [2.24, 2.45) is 5.92 Å². The van der Waals surface area contributed by atoms with Gasteiger partial charge in [0.2, 0.25) is 0 Å². The Morgan fingerprint density at radius 2 is 2.07 bits per heavy atom. The molecule has 1 rings (SSSR count). The molecule has 1 atom stereocenters. The lowest BCUT2D eigenvalue weighted by Crippen LogP contribution is -2.25. The maximum Gasteiger partial charge on any atom is 0.0535 e. The summed E-state index contributed by atoms with van der Waals surface area (Å²) in [5, 5.41) is 10.5. The van der Waals surface area contributed by atoms with E-state index >= 15 is 0 Å². The number of H-pyrrole nitrogens is 1. The van der Waals surface area contributed by atoms with Crippen molar-refractivity contribution in [2.45, 2.75) is 53.1 Å². The van der Waals surface area contributed by atoms with E-state index in [0.29, 0.717) is 6.04 Å². The number of nitrogens with one attached hydrogen (secondary N) is 2. The van der Waals surface area contributed by atoms with E-state index in [1.165, 1.54) is 24.1 Å². The smallest absolute Gasteiger partial charge is 0.0535 e. The molecule has 0 aliphatic rings. The molecule has 0 saturated heterocycles.